The average Bonchev–Trinajstić information content (AvgIpc) is 2.44. The Labute approximate surface area is 91.0 Å². The van der Waals surface area contributed by atoms with Gasteiger partial charge in [0.25, 0.3) is 0 Å². The monoisotopic (exact) mass is 226 g/mol. The molecule has 0 aliphatic carbocycles. The van der Waals surface area contributed by atoms with Crippen LogP contribution in [0.2, 0.25) is 5.02 Å². The van der Waals surface area contributed by atoms with E-state index in [-0.39, 0.29) is 6.04 Å². The van der Waals surface area contributed by atoms with Crippen LogP contribution in [0.25, 0.3) is 11.1 Å². The van der Waals surface area contributed by atoms with Crippen molar-refractivity contribution in [1.82, 2.24) is 4.98 Å². The summed E-state index contributed by atoms with van der Waals surface area (Å²) in [7, 11) is 0. The van der Waals surface area contributed by atoms with Crippen molar-refractivity contribution in [3.63, 3.8) is 0 Å². The molecular formula is C10H11ClN2O2. The highest BCUT2D eigenvalue weighted by atomic mass is 35.5. The van der Waals surface area contributed by atoms with Gasteiger partial charge in [-0.3, -0.25) is 4.98 Å². The zero-order valence-electron chi connectivity index (χ0n) is 8.21. The number of halogens is 1. The first-order valence-electron chi connectivity index (χ1n) is 4.63. The lowest BCUT2D eigenvalue weighted by atomic mass is 10.1. The topological polar surface area (TPSA) is 72.0 Å². The summed E-state index contributed by atoms with van der Waals surface area (Å²) < 4.78 is 5.03. The number of fused-ring (bicyclic) bond motifs is 1. The van der Waals surface area contributed by atoms with E-state index in [1.54, 1.807) is 12.1 Å². The molecule has 15 heavy (non-hydrogen) atoms. The van der Waals surface area contributed by atoms with Gasteiger partial charge in [0.05, 0.1) is 5.52 Å². The van der Waals surface area contributed by atoms with Crippen molar-refractivity contribution in [3.05, 3.63) is 33.3 Å². The molecule has 2 aromatic rings. The molecule has 0 bridgehead atoms. The quantitative estimate of drug-likeness (QED) is 0.818. The molecule has 1 aromatic heterocycles. The summed E-state index contributed by atoms with van der Waals surface area (Å²) in [5.74, 6) is -0.474. The molecule has 2 rings (SSSR count). The van der Waals surface area contributed by atoms with E-state index in [2.05, 4.69) is 4.98 Å². The molecule has 0 aliphatic heterocycles. The molecule has 0 fully saturated rings. The van der Waals surface area contributed by atoms with E-state index in [1.807, 2.05) is 6.92 Å². The Morgan fingerprint density at radius 2 is 2.33 bits per heavy atom. The molecule has 1 unspecified atom stereocenters. The second-order valence-electron chi connectivity index (χ2n) is 3.64. The Hall–Kier alpha value is -1.26. The summed E-state index contributed by atoms with van der Waals surface area (Å²) in [4.78, 5) is 13.6. The number of H-pyrrole nitrogens is 1. The summed E-state index contributed by atoms with van der Waals surface area (Å²) in [6, 6.07) is 3.42. The highest BCUT2D eigenvalue weighted by Crippen LogP contribution is 2.22. The molecule has 0 amide bonds. The van der Waals surface area contributed by atoms with Gasteiger partial charge in [-0.25, -0.2) is 4.79 Å². The standard InChI is InChI=1S/C10H11ClN2O2/c1-5(12)2-6-3-7(11)4-8-9(6)15-10(14)13-8/h3-5H,2,12H2,1H3,(H,13,14). The van der Waals surface area contributed by atoms with Crippen LogP contribution in [0.15, 0.2) is 21.3 Å². The van der Waals surface area contributed by atoms with Crippen molar-refractivity contribution in [1.29, 1.82) is 0 Å². The van der Waals surface area contributed by atoms with Crippen LogP contribution in [-0.2, 0) is 6.42 Å². The molecule has 1 atom stereocenters. The van der Waals surface area contributed by atoms with E-state index in [4.69, 9.17) is 21.8 Å². The highest BCUT2D eigenvalue weighted by molar-refractivity contribution is 6.31. The molecular weight excluding hydrogens is 216 g/mol. The van der Waals surface area contributed by atoms with Crippen molar-refractivity contribution in [3.8, 4) is 0 Å². The number of oxazole rings is 1. The third kappa shape index (κ3) is 2.06. The fraction of sp³-hybridized carbons (Fsp3) is 0.300. The van der Waals surface area contributed by atoms with Crippen LogP contribution >= 0.6 is 11.6 Å². The van der Waals surface area contributed by atoms with Crippen LogP contribution in [0.1, 0.15) is 12.5 Å². The van der Waals surface area contributed by atoms with E-state index < -0.39 is 5.76 Å². The molecule has 80 valence electrons. The van der Waals surface area contributed by atoms with Gasteiger partial charge in [-0.2, -0.15) is 0 Å². The van der Waals surface area contributed by atoms with Gasteiger partial charge in [-0.15, -0.1) is 0 Å². The largest absolute Gasteiger partial charge is 0.417 e. The first kappa shape index (κ1) is 10.3. The number of nitrogens with two attached hydrogens (primary N) is 1. The van der Waals surface area contributed by atoms with Gasteiger partial charge in [0.15, 0.2) is 5.58 Å². The summed E-state index contributed by atoms with van der Waals surface area (Å²) in [6.45, 7) is 1.89. The van der Waals surface area contributed by atoms with Gasteiger partial charge < -0.3 is 10.2 Å². The molecule has 0 saturated heterocycles. The Bertz CT molecular complexity index is 542. The highest BCUT2D eigenvalue weighted by Gasteiger charge is 2.10. The number of nitrogens with one attached hydrogen (secondary N) is 1. The first-order valence-corrected chi connectivity index (χ1v) is 5.01. The molecule has 5 heteroatoms. The van der Waals surface area contributed by atoms with Crippen LogP contribution < -0.4 is 11.5 Å². The lowest BCUT2D eigenvalue weighted by Gasteiger charge is -2.05. The number of aromatic amines is 1. The molecule has 0 aliphatic rings. The minimum Gasteiger partial charge on any atom is -0.408 e. The smallest absolute Gasteiger partial charge is 0.408 e. The zero-order valence-corrected chi connectivity index (χ0v) is 8.97. The van der Waals surface area contributed by atoms with E-state index in [1.165, 1.54) is 0 Å². The van der Waals surface area contributed by atoms with Crippen LogP contribution in [0.3, 0.4) is 0 Å². The predicted molar refractivity (Wildman–Crippen MR) is 59.2 cm³/mol. The molecule has 4 nitrogen and oxygen atoms in total. The molecule has 0 saturated carbocycles. The van der Waals surface area contributed by atoms with Crippen molar-refractivity contribution in [2.24, 2.45) is 5.73 Å². The zero-order chi connectivity index (χ0) is 11.0. The normalized spacial score (nSPS) is 13.3. The van der Waals surface area contributed by atoms with Crippen molar-refractivity contribution >= 4 is 22.7 Å². The maximum atomic E-state index is 11.0. The SMILES string of the molecule is CC(N)Cc1cc(Cl)cc2[nH]c(=O)oc12. The maximum absolute atomic E-state index is 11.0. The lowest BCUT2D eigenvalue weighted by molar-refractivity contribution is 0.550. The fourth-order valence-corrected chi connectivity index (χ4v) is 1.83. The lowest BCUT2D eigenvalue weighted by Crippen LogP contribution is -2.17. The molecule has 0 radical (unpaired) electrons. The molecule has 1 heterocycles. The van der Waals surface area contributed by atoms with Crippen LogP contribution in [-0.4, -0.2) is 11.0 Å². The maximum Gasteiger partial charge on any atom is 0.417 e. The van der Waals surface area contributed by atoms with Gasteiger partial charge in [0.1, 0.15) is 0 Å². The summed E-state index contributed by atoms with van der Waals surface area (Å²) in [5.41, 5.74) is 7.71. The molecule has 3 N–H and O–H groups in total. The molecule has 1 aromatic carbocycles. The number of rotatable bonds is 2. The van der Waals surface area contributed by atoms with E-state index >= 15 is 0 Å². The van der Waals surface area contributed by atoms with Crippen molar-refractivity contribution in [2.45, 2.75) is 19.4 Å². The second kappa shape index (κ2) is 3.72. The fourth-order valence-electron chi connectivity index (χ4n) is 1.59. The predicted octanol–water partition coefficient (Wildman–Crippen LogP) is 1.66. The number of hydrogen-bond acceptors (Lipinski definition) is 3. The van der Waals surface area contributed by atoms with Gasteiger partial charge >= 0.3 is 5.76 Å². The van der Waals surface area contributed by atoms with Crippen LogP contribution in [0.5, 0.6) is 0 Å². The van der Waals surface area contributed by atoms with E-state index in [0.29, 0.717) is 22.5 Å². The molecule has 0 spiro atoms. The number of hydrogen-bond donors (Lipinski definition) is 2. The van der Waals surface area contributed by atoms with Gasteiger partial charge in [-0.1, -0.05) is 11.6 Å². The first-order chi connectivity index (χ1) is 7.06. The Balaban J connectivity index is 2.65. The summed E-state index contributed by atoms with van der Waals surface area (Å²) >= 11 is 5.91. The Kier molecular flexibility index (Phi) is 2.54. The third-order valence-electron chi connectivity index (χ3n) is 2.10. The van der Waals surface area contributed by atoms with E-state index in [9.17, 15) is 4.79 Å². The van der Waals surface area contributed by atoms with E-state index in [0.717, 1.165) is 5.56 Å². The van der Waals surface area contributed by atoms with Crippen molar-refractivity contribution < 1.29 is 4.42 Å². The minimum absolute atomic E-state index is 0.00753. The Morgan fingerprint density at radius 3 is 3.00 bits per heavy atom. The number of aromatic nitrogens is 1. The van der Waals surface area contributed by atoms with Crippen molar-refractivity contribution in [2.75, 3.05) is 0 Å². The van der Waals surface area contributed by atoms with Gasteiger partial charge in [0, 0.05) is 16.6 Å². The average molecular weight is 227 g/mol. The minimum atomic E-state index is -0.474. The van der Waals surface area contributed by atoms with Gasteiger partial charge in [-0.05, 0) is 25.5 Å². The second-order valence-corrected chi connectivity index (χ2v) is 4.07. The van der Waals surface area contributed by atoms with Crippen LogP contribution in [0, 0.1) is 0 Å². The Morgan fingerprint density at radius 1 is 1.60 bits per heavy atom. The summed E-state index contributed by atoms with van der Waals surface area (Å²) in [5, 5.41) is 0.565. The van der Waals surface area contributed by atoms with Crippen LogP contribution in [0.4, 0.5) is 0 Å². The number of benzene rings is 1. The third-order valence-corrected chi connectivity index (χ3v) is 2.32. The van der Waals surface area contributed by atoms with Gasteiger partial charge in [0.2, 0.25) is 0 Å². The summed E-state index contributed by atoms with van der Waals surface area (Å²) in [6.07, 6.45) is 0.623.